The molecular weight excluding hydrogens is 222 g/mol. The molecule has 0 spiro atoms. The Morgan fingerprint density at radius 3 is 3.12 bits per heavy atom. The first-order valence-electron chi connectivity index (χ1n) is 5.36. The highest BCUT2D eigenvalue weighted by Gasteiger charge is 2.07. The molecule has 0 amide bonds. The zero-order chi connectivity index (χ0) is 11.4. The van der Waals surface area contributed by atoms with Gasteiger partial charge in [-0.1, -0.05) is 6.92 Å². The molecular formula is C11H15N3OS. The van der Waals surface area contributed by atoms with Crippen molar-refractivity contribution in [1.29, 1.82) is 0 Å². The molecule has 0 bridgehead atoms. The molecule has 2 heterocycles. The molecule has 0 radical (unpaired) electrons. The molecule has 5 heteroatoms. The van der Waals surface area contributed by atoms with Crippen molar-refractivity contribution in [3.63, 3.8) is 0 Å². The summed E-state index contributed by atoms with van der Waals surface area (Å²) in [4.78, 5) is 10.6. The summed E-state index contributed by atoms with van der Waals surface area (Å²) in [5, 5.41) is 4.22. The first-order chi connectivity index (χ1) is 7.81. The summed E-state index contributed by atoms with van der Waals surface area (Å²) < 4.78 is 5.63. The Kier molecular flexibility index (Phi) is 3.69. The standard InChI is InChI=1S/C11H15N3OS/c1-3-12-4-5-15-10-9-6-8(2)16-11(9)14-7-13-10/h6-7,12H,3-5H2,1-2H3. The van der Waals surface area contributed by atoms with Crippen LogP contribution in [-0.4, -0.2) is 29.7 Å². The molecule has 2 aromatic heterocycles. The number of rotatable bonds is 5. The molecule has 0 aliphatic rings. The number of hydrogen-bond acceptors (Lipinski definition) is 5. The summed E-state index contributed by atoms with van der Waals surface area (Å²) in [7, 11) is 0. The topological polar surface area (TPSA) is 47.0 Å². The average molecular weight is 237 g/mol. The van der Waals surface area contributed by atoms with E-state index in [-0.39, 0.29) is 0 Å². The minimum atomic E-state index is 0.634. The highest BCUT2D eigenvalue weighted by atomic mass is 32.1. The minimum absolute atomic E-state index is 0.634. The van der Waals surface area contributed by atoms with Crippen LogP contribution >= 0.6 is 11.3 Å². The third-order valence-electron chi connectivity index (χ3n) is 2.18. The van der Waals surface area contributed by atoms with Gasteiger partial charge in [-0.2, -0.15) is 0 Å². The smallest absolute Gasteiger partial charge is 0.225 e. The summed E-state index contributed by atoms with van der Waals surface area (Å²) in [6.07, 6.45) is 1.56. The number of likely N-dealkylation sites (N-methyl/N-ethyl adjacent to an activating group) is 1. The maximum Gasteiger partial charge on any atom is 0.225 e. The van der Waals surface area contributed by atoms with Gasteiger partial charge in [0.2, 0.25) is 5.88 Å². The number of hydrogen-bond donors (Lipinski definition) is 1. The fourth-order valence-electron chi connectivity index (χ4n) is 1.47. The lowest BCUT2D eigenvalue weighted by molar-refractivity contribution is 0.307. The van der Waals surface area contributed by atoms with Crippen LogP contribution in [-0.2, 0) is 0 Å². The molecule has 0 aliphatic heterocycles. The van der Waals surface area contributed by atoms with Crippen LogP contribution in [0.5, 0.6) is 5.88 Å². The predicted octanol–water partition coefficient (Wildman–Crippen LogP) is 1.99. The van der Waals surface area contributed by atoms with Crippen LogP contribution in [0.25, 0.3) is 10.2 Å². The second-order valence-corrected chi connectivity index (χ2v) is 4.69. The summed E-state index contributed by atoms with van der Waals surface area (Å²) in [6, 6.07) is 2.07. The molecule has 0 aromatic carbocycles. The lowest BCUT2D eigenvalue weighted by Crippen LogP contribution is -2.20. The maximum atomic E-state index is 5.63. The van der Waals surface area contributed by atoms with Gasteiger partial charge in [0.1, 0.15) is 17.8 Å². The highest BCUT2D eigenvalue weighted by molar-refractivity contribution is 7.18. The van der Waals surface area contributed by atoms with E-state index in [1.165, 1.54) is 4.88 Å². The van der Waals surface area contributed by atoms with E-state index in [0.29, 0.717) is 12.5 Å². The Morgan fingerprint density at radius 2 is 2.31 bits per heavy atom. The molecule has 4 nitrogen and oxygen atoms in total. The number of nitrogens with zero attached hydrogens (tertiary/aromatic N) is 2. The number of aromatic nitrogens is 2. The van der Waals surface area contributed by atoms with Gasteiger partial charge in [-0.15, -0.1) is 11.3 Å². The van der Waals surface area contributed by atoms with Crippen molar-refractivity contribution in [3.8, 4) is 5.88 Å². The van der Waals surface area contributed by atoms with Crippen LogP contribution < -0.4 is 10.1 Å². The van der Waals surface area contributed by atoms with E-state index in [4.69, 9.17) is 4.74 Å². The molecule has 0 atom stereocenters. The van der Waals surface area contributed by atoms with E-state index in [0.717, 1.165) is 23.3 Å². The third-order valence-corrected chi connectivity index (χ3v) is 3.14. The Hall–Kier alpha value is -1.20. The van der Waals surface area contributed by atoms with E-state index in [9.17, 15) is 0 Å². The van der Waals surface area contributed by atoms with Gasteiger partial charge in [0.15, 0.2) is 0 Å². The van der Waals surface area contributed by atoms with Gasteiger partial charge in [-0.05, 0) is 19.5 Å². The van der Waals surface area contributed by atoms with Crippen LogP contribution in [0.1, 0.15) is 11.8 Å². The van der Waals surface area contributed by atoms with Gasteiger partial charge in [0.25, 0.3) is 0 Å². The van der Waals surface area contributed by atoms with Crippen LogP contribution in [0, 0.1) is 6.92 Å². The zero-order valence-corrected chi connectivity index (χ0v) is 10.3. The fourth-order valence-corrected chi connectivity index (χ4v) is 2.30. The first kappa shape index (κ1) is 11.3. The Morgan fingerprint density at radius 1 is 1.44 bits per heavy atom. The van der Waals surface area contributed by atoms with Crippen molar-refractivity contribution in [2.24, 2.45) is 0 Å². The van der Waals surface area contributed by atoms with Crippen molar-refractivity contribution < 1.29 is 4.74 Å². The lowest BCUT2D eigenvalue weighted by atomic mass is 10.3. The summed E-state index contributed by atoms with van der Waals surface area (Å²) in [6.45, 7) is 6.57. The SMILES string of the molecule is CCNCCOc1ncnc2sc(C)cc12. The van der Waals surface area contributed by atoms with Crippen molar-refractivity contribution in [2.45, 2.75) is 13.8 Å². The Labute approximate surface area is 98.7 Å². The van der Waals surface area contributed by atoms with Gasteiger partial charge >= 0.3 is 0 Å². The quantitative estimate of drug-likeness (QED) is 0.808. The monoisotopic (exact) mass is 237 g/mol. The second-order valence-electron chi connectivity index (χ2n) is 3.46. The number of nitrogens with one attached hydrogen (secondary N) is 1. The maximum absolute atomic E-state index is 5.63. The number of thiophene rings is 1. The molecule has 16 heavy (non-hydrogen) atoms. The number of ether oxygens (including phenoxy) is 1. The van der Waals surface area contributed by atoms with Crippen molar-refractivity contribution in [2.75, 3.05) is 19.7 Å². The predicted molar refractivity (Wildman–Crippen MR) is 66.2 cm³/mol. The van der Waals surface area contributed by atoms with Crippen molar-refractivity contribution >= 4 is 21.6 Å². The normalized spacial score (nSPS) is 10.9. The van der Waals surface area contributed by atoms with Crippen LogP contribution in [0.4, 0.5) is 0 Å². The lowest BCUT2D eigenvalue weighted by Gasteiger charge is -2.05. The van der Waals surface area contributed by atoms with Crippen molar-refractivity contribution in [3.05, 3.63) is 17.3 Å². The first-order valence-corrected chi connectivity index (χ1v) is 6.17. The van der Waals surface area contributed by atoms with Gasteiger partial charge in [-0.25, -0.2) is 9.97 Å². The van der Waals surface area contributed by atoms with Gasteiger partial charge in [0, 0.05) is 11.4 Å². The zero-order valence-electron chi connectivity index (χ0n) is 9.49. The molecule has 0 saturated carbocycles. The van der Waals surface area contributed by atoms with E-state index < -0.39 is 0 Å². The molecule has 0 fully saturated rings. The molecule has 1 N–H and O–H groups in total. The number of fused-ring (bicyclic) bond motifs is 1. The van der Waals surface area contributed by atoms with Gasteiger partial charge < -0.3 is 10.1 Å². The third kappa shape index (κ3) is 2.48. The molecule has 0 aliphatic carbocycles. The average Bonchev–Trinajstić information content (AvgIpc) is 2.65. The second kappa shape index (κ2) is 5.23. The molecule has 86 valence electrons. The number of aryl methyl sites for hydroxylation is 1. The minimum Gasteiger partial charge on any atom is -0.476 e. The van der Waals surface area contributed by atoms with E-state index in [2.05, 4.69) is 35.2 Å². The summed E-state index contributed by atoms with van der Waals surface area (Å²) in [5.74, 6) is 0.687. The van der Waals surface area contributed by atoms with Crippen molar-refractivity contribution in [1.82, 2.24) is 15.3 Å². The fraction of sp³-hybridized carbons (Fsp3) is 0.455. The molecule has 2 aromatic rings. The van der Waals surface area contributed by atoms with Crippen LogP contribution in [0.2, 0.25) is 0 Å². The van der Waals surface area contributed by atoms with Crippen LogP contribution in [0.3, 0.4) is 0 Å². The summed E-state index contributed by atoms with van der Waals surface area (Å²) in [5.41, 5.74) is 0. The van der Waals surface area contributed by atoms with Crippen LogP contribution in [0.15, 0.2) is 12.4 Å². The molecule has 0 saturated heterocycles. The Balaban J connectivity index is 2.11. The highest BCUT2D eigenvalue weighted by Crippen LogP contribution is 2.28. The van der Waals surface area contributed by atoms with E-state index in [1.54, 1.807) is 17.7 Å². The Bertz CT molecular complexity index is 469. The molecule has 2 rings (SSSR count). The van der Waals surface area contributed by atoms with Gasteiger partial charge in [-0.3, -0.25) is 0 Å². The molecule has 0 unspecified atom stereocenters. The van der Waals surface area contributed by atoms with E-state index >= 15 is 0 Å². The largest absolute Gasteiger partial charge is 0.476 e. The summed E-state index contributed by atoms with van der Waals surface area (Å²) >= 11 is 1.66. The van der Waals surface area contributed by atoms with E-state index in [1.807, 2.05) is 0 Å². The van der Waals surface area contributed by atoms with Gasteiger partial charge in [0.05, 0.1) is 5.39 Å².